The highest BCUT2D eigenvalue weighted by Gasteiger charge is 2.15. The van der Waals surface area contributed by atoms with Crippen molar-refractivity contribution in [1.82, 2.24) is 5.32 Å². The molecule has 0 spiro atoms. The smallest absolute Gasteiger partial charge is 0.412 e. The highest BCUT2D eigenvalue weighted by molar-refractivity contribution is 5.70. The minimum absolute atomic E-state index is 0.410. The maximum Gasteiger partial charge on any atom is 0.412 e. The number of benzene rings is 1. The topological polar surface area (TPSA) is 47.6 Å². The Kier molecular flexibility index (Phi) is 5.84. The highest BCUT2D eigenvalue weighted by atomic mass is 16.6. The van der Waals surface area contributed by atoms with Crippen LogP contribution < -0.4 is 5.32 Å². The average molecular weight is 275 g/mol. The van der Waals surface area contributed by atoms with Crippen molar-refractivity contribution in [2.75, 3.05) is 0 Å². The van der Waals surface area contributed by atoms with Crippen molar-refractivity contribution < 1.29 is 14.3 Å². The highest BCUT2D eigenvalue weighted by Crippen LogP contribution is 2.07. The molecule has 0 radical (unpaired) electrons. The summed E-state index contributed by atoms with van der Waals surface area (Å²) in [5.74, 6) is 0. The molecule has 1 amide bonds. The number of carbonyl (C=O) groups excluding carboxylic acids is 1. The Morgan fingerprint density at radius 1 is 1.30 bits per heavy atom. The van der Waals surface area contributed by atoms with E-state index in [0.29, 0.717) is 12.3 Å². The van der Waals surface area contributed by atoms with Crippen LogP contribution in [0.1, 0.15) is 26.3 Å². The number of hydrogen-bond acceptors (Lipinski definition) is 3. The molecule has 1 aromatic rings. The summed E-state index contributed by atoms with van der Waals surface area (Å²) in [4.78, 5) is 11.5. The van der Waals surface area contributed by atoms with Crippen molar-refractivity contribution in [3.05, 3.63) is 60.5 Å². The van der Waals surface area contributed by atoms with E-state index in [9.17, 15) is 4.79 Å². The maximum absolute atomic E-state index is 11.5. The predicted molar refractivity (Wildman–Crippen MR) is 78.9 cm³/mol. The second-order valence-corrected chi connectivity index (χ2v) is 5.25. The van der Waals surface area contributed by atoms with E-state index < -0.39 is 11.7 Å². The van der Waals surface area contributed by atoms with E-state index in [0.717, 1.165) is 5.56 Å². The second kappa shape index (κ2) is 7.38. The lowest BCUT2D eigenvalue weighted by atomic mass is 10.2. The molecule has 20 heavy (non-hydrogen) atoms. The molecule has 4 nitrogen and oxygen atoms in total. The largest absolute Gasteiger partial charge is 0.496 e. The fraction of sp³-hybridized carbons (Fsp3) is 0.312. The minimum atomic E-state index is -0.532. The minimum Gasteiger partial charge on any atom is -0.496 e. The number of alkyl carbamates (subject to hydrolysis) is 1. The first-order valence-electron chi connectivity index (χ1n) is 6.38. The van der Waals surface area contributed by atoms with Crippen LogP contribution in [0.2, 0.25) is 0 Å². The van der Waals surface area contributed by atoms with Gasteiger partial charge in [0, 0.05) is 5.70 Å². The summed E-state index contributed by atoms with van der Waals surface area (Å²) in [7, 11) is 0. The molecule has 0 aliphatic heterocycles. The van der Waals surface area contributed by atoms with Crippen LogP contribution in [0.15, 0.2) is 54.9 Å². The van der Waals surface area contributed by atoms with E-state index in [4.69, 9.17) is 9.47 Å². The Hall–Kier alpha value is -2.23. The van der Waals surface area contributed by atoms with Gasteiger partial charge in [-0.2, -0.15) is 0 Å². The molecular formula is C16H21NO3. The Balaban J connectivity index is 2.28. The van der Waals surface area contributed by atoms with Crippen LogP contribution in [0, 0.1) is 0 Å². The number of allylic oxidation sites excluding steroid dienone is 1. The van der Waals surface area contributed by atoms with Gasteiger partial charge in [-0.3, -0.25) is 5.32 Å². The van der Waals surface area contributed by atoms with E-state index in [1.807, 2.05) is 30.3 Å². The number of carbonyl (C=O) groups is 1. The molecule has 0 saturated carbocycles. The standard InChI is InChI=1S/C16H21NO3/c1-13(17-15(18)20-16(2,3)4)10-11-19-12-14-8-6-5-7-9-14/h5-11H,1,12H2,2-4H3,(H,17,18)/b11-10+. The molecule has 0 aliphatic carbocycles. The summed E-state index contributed by atoms with van der Waals surface area (Å²) >= 11 is 0. The molecule has 108 valence electrons. The van der Waals surface area contributed by atoms with Crippen LogP contribution >= 0.6 is 0 Å². The van der Waals surface area contributed by atoms with E-state index in [1.54, 1.807) is 26.8 Å². The second-order valence-electron chi connectivity index (χ2n) is 5.25. The molecule has 0 aliphatic rings. The van der Waals surface area contributed by atoms with E-state index in [-0.39, 0.29) is 0 Å². The normalized spacial score (nSPS) is 11.2. The van der Waals surface area contributed by atoms with Gasteiger partial charge in [-0.05, 0) is 32.4 Å². The van der Waals surface area contributed by atoms with Gasteiger partial charge in [-0.25, -0.2) is 4.79 Å². The molecule has 0 heterocycles. The van der Waals surface area contributed by atoms with Gasteiger partial charge in [-0.1, -0.05) is 36.9 Å². The van der Waals surface area contributed by atoms with E-state index >= 15 is 0 Å². The van der Waals surface area contributed by atoms with Crippen LogP contribution in [0.5, 0.6) is 0 Å². The summed E-state index contributed by atoms with van der Waals surface area (Å²) in [5.41, 5.74) is 0.952. The van der Waals surface area contributed by atoms with E-state index in [1.165, 1.54) is 6.26 Å². The lowest BCUT2D eigenvalue weighted by Gasteiger charge is -2.19. The summed E-state index contributed by atoms with van der Waals surface area (Å²) in [6, 6.07) is 9.80. The van der Waals surface area contributed by atoms with Gasteiger partial charge in [0.05, 0.1) is 6.26 Å². The number of amides is 1. The van der Waals surface area contributed by atoms with Crippen LogP contribution in [0.25, 0.3) is 0 Å². The van der Waals surface area contributed by atoms with Crippen LogP contribution in [0.3, 0.4) is 0 Å². The quantitative estimate of drug-likeness (QED) is 0.657. The van der Waals surface area contributed by atoms with Crippen LogP contribution in [-0.4, -0.2) is 11.7 Å². The number of rotatable bonds is 5. The molecule has 1 aromatic carbocycles. The SMILES string of the molecule is C=C(/C=C/OCc1ccccc1)NC(=O)OC(C)(C)C. The van der Waals surface area contributed by atoms with Crippen molar-refractivity contribution in [3.8, 4) is 0 Å². The van der Waals surface area contributed by atoms with Gasteiger partial charge in [0.1, 0.15) is 12.2 Å². The van der Waals surface area contributed by atoms with Crippen LogP contribution in [-0.2, 0) is 16.1 Å². The van der Waals surface area contributed by atoms with Crippen molar-refractivity contribution in [1.29, 1.82) is 0 Å². The van der Waals surface area contributed by atoms with Crippen molar-refractivity contribution >= 4 is 6.09 Å². The molecule has 4 heteroatoms. The number of ether oxygens (including phenoxy) is 2. The third-order valence-corrected chi connectivity index (χ3v) is 2.12. The van der Waals surface area contributed by atoms with Gasteiger partial charge in [0.2, 0.25) is 0 Å². The van der Waals surface area contributed by atoms with Gasteiger partial charge >= 0.3 is 6.09 Å². The Morgan fingerprint density at radius 3 is 2.55 bits per heavy atom. The first-order valence-corrected chi connectivity index (χ1v) is 6.38. The lowest BCUT2D eigenvalue weighted by molar-refractivity contribution is 0.0548. The van der Waals surface area contributed by atoms with Crippen molar-refractivity contribution in [2.24, 2.45) is 0 Å². The monoisotopic (exact) mass is 275 g/mol. The maximum atomic E-state index is 11.5. The van der Waals surface area contributed by atoms with Gasteiger partial charge in [-0.15, -0.1) is 0 Å². The Morgan fingerprint density at radius 2 is 1.95 bits per heavy atom. The fourth-order valence-corrected chi connectivity index (χ4v) is 1.33. The molecule has 0 atom stereocenters. The molecular weight excluding hydrogens is 254 g/mol. The average Bonchev–Trinajstić information content (AvgIpc) is 2.33. The summed E-state index contributed by atoms with van der Waals surface area (Å²) in [6.07, 6.45) is 2.54. The third-order valence-electron chi connectivity index (χ3n) is 2.12. The predicted octanol–water partition coefficient (Wildman–Crippen LogP) is 3.76. The molecule has 0 unspecified atom stereocenters. The van der Waals surface area contributed by atoms with Crippen molar-refractivity contribution in [2.45, 2.75) is 33.0 Å². The fourth-order valence-electron chi connectivity index (χ4n) is 1.33. The first-order chi connectivity index (χ1) is 9.37. The molecule has 0 aromatic heterocycles. The summed E-state index contributed by atoms with van der Waals surface area (Å²) in [5, 5.41) is 2.51. The zero-order valence-electron chi connectivity index (χ0n) is 12.2. The molecule has 1 N–H and O–H groups in total. The van der Waals surface area contributed by atoms with E-state index in [2.05, 4.69) is 11.9 Å². The van der Waals surface area contributed by atoms with Gasteiger partial charge in [0.25, 0.3) is 0 Å². The van der Waals surface area contributed by atoms with Gasteiger partial charge in [0.15, 0.2) is 0 Å². The Bertz CT molecular complexity index is 472. The van der Waals surface area contributed by atoms with Crippen molar-refractivity contribution in [3.63, 3.8) is 0 Å². The lowest BCUT2D eigenvalue weighted by Crippen LogP contribution is -2.31. The Labute approximate surface area is 120 Å². The number of hydrogen-bond donors (Lipinski definition) is 1. The summed E-state index contributed by atoms with van der Waals surface area (Å²) in [6.45, 7) is 9.56. The molecule has 0 fully saturated rings. The van der Waals surface area contributed by atoms with Crippen LogP contribution in [0.4, 0.5) is 4.79 Å². The summed E-state index contributed by atoms with van der Waals surface area (Å²) < 4.78 is 10.4. The first kappa shape index (κ1) is 15.8. The molecule has 0 saturated heterocycles. The number of nitrogens with one attached hydrogen (secondary N) is 1. The zero-order valence-corrected chi connectivity index (χ0v) is 12.2. The molecule has 0 bridgehead atoms. The van der Waals surface area contributed by atoms with Gasteiger partial charge < -0.3 is 9.47 Å². The zero-order chi connectivity index (χ0) is 15.0. The third kappa shape index (κ3) is 7.26. The molecule has 1 rings (SSSR count).